The zero-order valence-electron chi connectivity index (χ0n) is 15.7. The van der Waals surface area contributed by atoms with Gasteiger partial charge in [-0.05, 0) is 24.1 Å². The molecule has 0 amide bonds. The number of anilines is 1. The lowest BCUT2D eigenvalue weighted by Crippen LogP contribution is -2.44. The van der Waals surface area contributed by atoms with E-state index >= 15 is 0 Å². The zero-order chi connectivity index (χ0) is 19.5. The molecule has 1 N–H and O–H groups in total. The molecule has 144 valence electrons. The number of imidazole rings is 1. The van der Waals surface area contributed by atoms with Crippen molar-refractivity contribution in [3.05, 3.63) is 51.7 Å². The van der Waals surface area contributed by atoms with Crippen LogP contribution < -0.4 is 15.9 Å². The van der Waals surface area contributed by atoms with E-state index in [1.54, 1.807) is 16.1 Å². The molecule has 1 aromatic carbocycles. The molecule has 1 fully saturated rings. The van der Waals surface area contributed by atoms with Crippen molar-refractivity contribution < 1.29 is 0 Å². The Morgan fingerprint density at radius 2 is 1.89 bits per heavy atom. The molecule has 28 heavy (non-hydrogen) atoms. The summed E-state index contributed by atoms with van der Waals surface area (Å²) in [6.45, 7) is 5.76. The monoisotopic (exact) mass is 396 g/mol. The minimum atomic E-state index is -0.158. The van der Waals surface area contributed by atoms with E-state index in [1.165, 1.54) is 0 Å². The largest absolute Gasteiger partial charge is 0.352 e. The van der Waals surface area contributed by atoms with Crippen LogP contribution in [0.3, 0.4) is 0 Å². The van der Waals surface area contributed by atoms with E-state index in [9.17, 15) is 4.79 Å². The molecule has 0 aliphatic carbocycles. The highest BCUT2D eigenvalue weighted by Crippen LogP contribution is 2.26. The minimum Gasteiger partial charge on any atom is -0.352 e. The molecule has 2 aromatic heterocycles. The SMILES string of the molecule is CC#CCn1c(=O)n(Cc2ccccc2)c2nc(Cl)nc(N3CCNCC3)c21. The van der Waals surface area contributed by atoms with Crippen molar-refractivity contribution >= 4 is 28.6 Å². The molecule has 4 rings (SSSR count). The number of piperazine rings is 1. The van der Waals surface area contributed by atoms with Gasteiger partial charge >= 0.3 is 5.69 Å². The van der Waals surface area contributed by atoms with Gasteiger partial charge in [-0.1, -0.05) is 36.3 Å². The molecule has 3 aromatic rings. The van der Waals surface area contributed by atoms with Crippen molar-refractivity contribution in [2.45, 2.75) is 20.0 Å². The van der Waals surface area contributed by atoms with E-state index in [1.807, 2.05) is 30.3 Å². The van der Waals surface area contributed by atoms with E-state index in [-0.39, 0.29) is 17.5 Å². The maximum atomic E-state index is 13.3. The summed E-state index contributed by atoms with van der Waals surface area (Å²) in [5.41, 5.74) is 2.09. The summed E-state index contributed by atoms with van der Waals surface area (Å²) < 4.78 is 3.31. The first-order chi connectivity index (χ1) is 13.7. The van der Waals surface area contributed by atoms with Crippen LogP contribution in [0.25, 0.3) is 11.2 Å². The molecule has 8 heteroatoms. The Balaban J connectivity index is 1.94. The Labute approximate surface area is 168 Å². The molecule has 1 aliphatic heterocycles. The summed E-state index contributed by atoms with van der Waals surface area (Å²) in [7, 11) is 0. The molecule has 0 spiro atoms. The lowest BCUT2D eigenvalue weighted by Gasteiger charge is -2.28. The lowest BCUT2D eigenvalue weighted by atomic mass is 10.2. The van der Waals surface area contributed by atoms with E-state index in [0.29, 0.717) is 23.5 Å². The van der Waals surface area contributed by atoms with Crippen molar-refractivity contribution in [2.24, 2.45) is 0 Å². The molecular formula is C20H21ClN6O. The minimum absolute atomic E-state index is 0.140. The second-order valence-electron chi connectivity index (χ2n) is 6.59. The smallest absolute Gasteiger partial charge is 0.331 e. The van der Waals surface area contributed by atoms with E-state index in [2.05, 4.69) is 32.0 Å². The average Bonchev–Trinajstić information content (AvgIpc) is 2.98. The number of aromatic nitrogens is 4. The standard InChI is InChI=1S/C20H21ClN6O/c1-2-3-11-26-16-17(25-12-9-22-10-13-25)23-19(21)24-18(16)27(20(26)28)14-15-7-5-4-6-8-15/h4-8,22H,9-14H2,1H3. The molecule has 0 bridgehead atoms. The van der Waals surface area contributed by atoms with Crippen molar-refractivity contribution in [1.29, 1.82) is 0 Å². The van der Waals surface area contributed by atoms with Gasteiger partial charge in [0.25, 0.3) is 0 Å². The highest BCUT2D eigenvalue weighted by molar-refractivity contribution is 6.28. The van der Waals surface area contributed by atoms with Gasteiger partial charge in [0, 0.05) is 26.2 Å². The van der Waals surface area contributed by atoms with Gasteiger partial charge in [0.05, 0.1) is 13.1 Å². The third kappa shape index (κ3) is 3.49. The van der Waals surface area contributed by atoms with Crippen LogP contribution in [0.15, 0.2) is 35.1 Å². The Hall–Kier alpha value is -2.82. The summed E-state index contributed by atoms with van der Waals surface area (Å²) >= 11 is 6.27. The summed E-state index contributed by atoms with van der Waals surface area (Å²) in [4.78, 5) is 24.3. The summed E-state index contributed by atoms with van der Waals surface area (Å²) in [5.74, 6) is 6.56. The molecule has 7 nitrogen and oxygen atoms in total. The average molecular weight is 397 g/mol. The van der Waals surface area contributed by atoms with Crippen LogP contribution in [0.4, 0.5) is 5.82 Å². The maximum absolute atomic E-state index is 13.3. The Bertz CT molecular complexity index is 1100. The number of fused-ring (bicyclic) bond motifs is 1. The van der Waals surface area contributed by atoms with Crippen molar-refractivity contribution in [2.75, 3.05) is 31.1 Å². The van der Waals surface area contributed by atoms with E-state index < -0.39 is 0 Å². The highest BCUT2D eigenvalue weighted by Gasteiger charge is 2.24. The van der Waals surface area contributed by atoms with E-state index in [4.69, 9.17) is 11.6 Å². The molecule has 0 saturated carbocycles. The molecular weight excluding hydrogens is 376 g/mol. The second kappa shape index (κ2) is 8.05. The predicted octanol–water partition coefficient (Wildman–Crippen LogP) is 1.73. The van der Waals surface area contributed by atoms with Gasteiger partial charge in [-0.25, -0.2) is 4.79 Å². The first-order valence-corrected chi connectivity index (χ1v) is 9.62. The fraction of sp³-hybridized carbons (Fsp3) is 0.350. The molecule has 0 radical (unpaired) electrons. The Kier molecular flexibility index (Phi) is 5.33. The van der Waals surface area contributed by atoms with Gasteiger partial charge in [0.15, 0.2) is 11.5 Å². The topological polar surface area (TPSA) is 68.0 Å². The van der Waals surface area contributed by atoms with Crippen LogP contribution in [0.5, 0.6) is 0 Å². The first-order valence-electron chi connectivity index (χ1n) is 9.25. The summed E-state index contributed by atoms with van der Waals surface area (Å²) in [6, 6.07) is 9.84. The zero-order valence-corrected chi connectivity index (χ0v) is 16.4. The molecule has 0 atom stereocenters. The number of nitrogens with zero attached hydrogens (tertiary/aromatic N) is 5. The number of benzene rings is 1. The fourth-order valence-corrected chi connectivity index (χ4v) is 3.64. The quantitative estimate of drug-likeness (QED) is 0.537. The van der Waals surface area contributed by atoms with Crippen LogP contribution in [0.2, 0.25) is 5.28 Å². The van der Waals surface area contributed by atoms with Gasteiger partial charge in [-0.3, -0.25) is 9.13 Å². The second-order valence-corrected chi connectivity index (χ2v) is 6.93. The predicted molar refractivity (Wildman–Crippen MR) is 111 cm³/mol. The van der Waals surface area contributed by atoms with Crippen LogP contribution in [-0.4, -0.2) is 45.3 Å². The molecule has 3 heterocycles. The number of rotatable bonds is 4. The summed E-state index contributed by atoms with van der Waals surface area (Å²) in [5, 5.41) is 3.47. The number of hydrogen-bond acceptors (Lipinski definition) is 5. The number of nitrogens with one attached hydrogen (secondary N) is 1. The Morgan fingerprint density at radius 3 is 2.61 bits per heavy atom. The molecule has 1 aliphatic rings. The normalized spacial score (nSPS) is 14.1. The Morgan fingerprint density at radius 1 is 1.14 bits per heavy atom. The molecule has 0 unspecified atom stereocenters. The lowest BCUT2D eigenvalue weighted by molar-refractivity contribution is 0.585. The number of halogens is 1. The van der Waals surface area contributed by atoms with Crippen molar-refractivity contribution in [1.82, 2.24) is 24.4 Å². The van der Waals surface area contributed by atoms with Gasteiger partial charge in [0.1, 0.15) is 5.52 Å². The van der Waals surface area contributed by atoms with Crippen LogP contribution in [0, 0.1) is 11.8 Å². The fourth-order valence-electron chi connectivity index (χ4n) is 3.48. The third-order valence-electron chi connectivity index (χ3n) is 4.82. The van der Waals surface area contributed by atoms with Gasteiger partial charge in [-0.15, -0.1) is 5.92 Å². The van der Waals surface area contributed by atoms with Crippen LogP contribution >= 0.6 is 11.6 Å². The van der Waals surface area contributed by atoms with Crippen LogP contribution in [-0.2, 0) is 13.1 Å². The van der Waals surface area contributed by atoms with Gasteiger partial charge < -0.3 is 10.2 Å². The van der Waals surface area contributed by atoms with Crippen LogP contribution in [0.1, 0.15) is 12.5 Å². The third-order valence-corrected chi connectivity index (χ3v) is 4.99. The first kappa shape index (κ1) is 18.5. The van der Waals surface area contributed by atoms with Crippen molar-refractivity contribution in [3.8, 4) is 11.8 Å². The summed E-state index contributed by atoms with van der Waals surface area (Å²) in [6.07, 6.45) is 0. The molecule has 1 saturated heterocycles. The highest BCUT2D eigenvalue weighted by atomic mass is 35.5. The number of hydrogen-bond donors (Lipinski definition) is 1. The van der Waals surface area contributed by atoms with Gasteiger partial charge in [-0.2, -0.15) is 9.97 Å². The van der Waals surface area contributed by atoms with E-state index in [0.717, 1.165) is 31.7 Å². The maximum Gasteiger partial charge on any atom is 0.331 e. The van der Waals surface area contributed by atoms with Gasteiger partial charge in [0.2, 0.25) is 5.28 Å². The van der Waals surface area contributed by atoms with Crippen molar-refractivity contribution in [3.63, 3.8) is 0 Å².